The SMILES string of the molecule is O=C(O)c1nc(CNCC2CCCCO2)cs1. The first-order chi connectivity index (χ1) is 8.25. The zero-order valence-corrected chi connectivity index (χ0v) is 10.3. The van der Waals surface area contributed by atoms with Gasteiger partial charge in [0.2, 0.25) is 5.01 Å². The maximum atomic E-state index is 10.6. The molecule has 2 heterocycles. The molecule has 1 fully saturated rings. The molecule has 1 aromatic rings. The van der Waals surface area contributed by atoms with Crippen molar-refractivity contribution in [3.8, 4) is 0 Å². The minimum atomic E-state index is -0.961. The third-order valence-electron chi connectivity index (χ3n) is 2.69. The van der Waals surface area contributed by atoms with E-state index in [-0.39, 0.29) is 5.01 Å². The van der Waals surface area contributed by atoms with Crippen LogP contribution in [0.2, 0.25) is 0 Å². The van der Waals surface area contributed by atoms with E-state index in [0.717, 1.165) is 43.0 Å². The Bertz CT molecular complexity index is 375. The molecule has 0 spiro atoms. The van der Waals surface area contributed by atoms with E-state index in [1.165, 1.54) is 6.42 Å². The Balaban J connectivity index is 1.71. The summed E-state index contributed by atoms with van der Waals surface area (Å²) >= 11 is 1.16. The number of hydrogen-bond donors (Lipinski definition) is 2. The minimum Gasteiger partial charge on any atom is -0.476 e. The van der Waals surface area contributed by atoms with Crippen molar-refractivity contribution in [2.24, 2.45) is 0 Å². The van der Waals surface area contributed by atoms with Gasteiger partial charge >= 0.3 is 5.97 Å². The lowest BCUT2D eigenvalue weighted by molar-refractivity contribution is 0.0167. The van der Waals surface area contributed by atoms with Gasteiger partial charge in [0.1, 0.15) is 0 Å². The van der Waals surface area contributed by atoms with E-state index in [1.54, 1.807) is 5.38 Å². The molecule has 94 valence electrons. The van der Waals surface area contributed by atoms with Gasteiger partial charge in [-0.1, -0.05) is 0 Å². The predicted molar refractivity (Wildman–Crippen MR) is 64.4 cm³/mol. The number of rotatable bonds is 5. The van der Waals surface area contributed by atoms with E-state index in [4.69, 9.17) is 9.84 Å². The number of nitrogens with one attached hydrogen (secondary N) is 1. The molecule has 2 rings (SSSR count). The summed E-state index contributed by atoms with van der Waals surface area (Å²) in [6, 6.07) is 0. The van der Waals surface area contributed by atoms with Crippen LogP contribution in [0.3, 0.4) is 0 Å². The fraction of sp³-hybridized carbons (Fsp3) is 0.636. The van der Waals surface area contributed by atoms with Crippen LogP contribution in [0.25, 0.3) is 0 Å². The van der Waals surface area contributed by atoms with Crippen LogP contribution in [-0.4, -0.2) is 35.3 Å². The smallest absolute Gasteiger partial charge is 0.365 e. The van der Waals surface area contributed by atoms with Crippen LogP contribution in [0.1, 0.15) is 34.8 Å². The molecule has 1 atom stereocenters. The quantitative estimate of drug-likeness (QED) is 0.835. The van der Waals surface area contributed by atoms with Crippen LogP contribution >= 0.6 is 11.3 Å². The Morgan fingerprint density at radius 3 is 3.18 bits per heavy atom. The Labute approximate surface area is 104 Å². The van der Waals surface area contributed by atoms with Gasteiger partial charge < -0.3 is 15.2 Å². The molecule has 1 aromatic heterocycles. The maximum Gasteiger partial charge on any atom is 0.365 e. The van der Waals surface area contributed by atoms with Crippen LogP contribution in [0.4, 0.5) is 0 Å². The summed E-state index contributed by atoms with van der Waals surface area (Å²) in [6.07, 6.45) is 3.78. The summed E-state index contributed by atoms with van der Waals surface area (Å²) in [5, 5.41) is 13.9. The molecule has 1 saturated heterocycles. The third-order valence-corrected chi connectivity index (χ3v) is 3.57. The molecule has 1 unspecified atom stereocenters. The highest BCUT2D eigenvalue weighted by Gasteiger charge is 2.13. The molecule has 5 nitrogen and oxygen atoms in total. The fourth-order valence-electron chi connectivity index (χ4n) is 1.82. The molecule has 6 heteroatoms. The van der Waals surface area contributed by atoms with Crippen LogP contribution in [0, 0.1) is 0 Å². The van der Waals surface area contributed by atoms with E-state index in [1.807, 2.05) is 0 Å². The number of aromatic carboxylic acids is 1. The number of carbonyl (C=O) groups is 1. The largest absolute Gasteiger partial charge is 0.476 e. The van der Waals surface area contributed by atoms with Gasteiger partial charge in [0, 0.05) is 25.1 Å². The van der Waals surface area contributed by atoms with Crippen molar-refractivity contribution in [1.82, 2.24) is 10.3 Å². The van der Waals surface area contributed by atoms with E-state index < -0.39 is 5.97 Å². The molecule has 0 amide bonds. The predicted octanol–water partition coefficient (Wildman–Crippen LogP) is 1.50. The van der Waals surface area contributed by atoms with E-state index in [0.29, 0.717) is 12.6 Å². The Morgan fingerprint density at radius 1 is 1.65 bits per heavy atom. The zero-order chi connectivity index (χ0) is 12.1. The van der Waals surface area contributed by atoms with E-state index in [2.05, 4.69) is 10.3 Å². The average Bonchev–Trinajstić information content (AvgIpc) is 2.79. The van der Waals surface area contributed by atoms with Gasteiger partial charge in [-0.15, -0.1) is 11.3 Å². The van der Waals surface area contributed by atoms with E-state index in [9.17, 15) is 4.79 Å². The van der Waals surface area contributed by atoms with Gasteiger partial charge in [-0.3, -0.25) is 0 Å². The molecule has 0 aliphatic carbocycles. The zero-order valence-electron chi connectivity index (χ0n) is 9.52. The van der Waals surface area contributed by atoms with Gasteiger partial charge in [-0.05, 0) is 19.3 Å². The van der Waals surface area contributed by atoms with Crippen LogP contribution in [-0.2, 0) is 11.3 Å². The number of nitrogens with zero attached hydrogens (tertiary/aromatic N) is 1. The highest BCUT2D eigenvalue weighted by Crippen LogP contribution is 2.12. The lowest BCUT2D eigenvalue weighted by Gasteiger charge is -2.22. The maximum absolute atomic E-state index is 10.6. The molecule has 17 heavy (non-hydrogen) atoms. The van der Waals surface area contributed by atoms with Gasteiger partial charge in [0.05, 0.1) is 11.8 Å². The highest BCUT2D eigenvalue weighted by molar-refractivity contribution is 7.11. The average molecular weight is 256 g/mol. The van der Waals surface area contributed by atoms with Gasteiger partial charge in [0.25, 0.3) is 0 Å². The van der Waals surface area contributed by atoms with Crippen molar-refractivity contribution < 1.29 is 14.6 Å². The second-order valence-electron chi connectivity index (χ2n) is 4.07. The first kappa shape index (κ1) is 12.5. The third kappa shape index (κ3) is 3.76. The standard InChI is InChI=1S/C11H16N2O3S/c14-11(15)10-13-8(7-17-10)5-12-6-9-3-1-2-4-16-9/h7,9,12H,1-6H2,(H,14,15). The van der Waals surface area contributed by atoms with Crippen molar-refractivity contribution in [1.29, 1.82) is 0 Å². The first-order valence-corrected chi connectivity index (χ1v) is 6.63. The molecule has 0 bridgehead atoms. The van der Waals surface area contributed by atoms with Gasteiger partial charge in [-0.2, -0.15) is 0 Å². The van der Waals surface area contributed by atoms with Crippen molar-refractivity contribution in [3.63, 3.8) is 0 Å². The Kier molecular flexibility index (Phi) is 4.47. The molecule has 0 radical (unpaired) electrons. The number of hydrogen-bond acceptors (Lipinski definition) is 5. The minimum absolute atomic E-state index is 0.149. The molecular formula is C11H16N2O3S. The number of ether oxygens (including phenoxy) is 1. The van der Waals surface area contributed by atoms with Crippen molar-refractivity contribution in [3.05, 3.63) is 16.1 Å². The lowest BCUT2D eigenvalue weighted by atomic mass is 10.1. The van der Waals surface area contributed by atoms with Gasteiger partial charge in [0.15, 0.2) is 0 Å². The summed E-state index contributed by atoms with van der Waals surface area (Å²) in [4.78, 5) is 14.7. The van der Waals surface area contributed by atoms with Crippen molar-refractivity contribution >= 4 is 17.3 Å². The molecular weight excluding hydrogens is 240 g/mol. The summed E-state index contributed by atoms with van der Waals surface area (Å²) < 4.78 is 5.58. The topological polar surface area (TPSA) is 71.5 Å². The second-order valence-corrected chi connectivity index (χ2v) is 4.93. The monoisotopic (exact) mass is 256 g/mol. The summed E-state index contributed by atoms with van der Waals surface area (Å²) in [5.41, 5.74) is 0.781. The number of carboxylic acid groups (broad SMARTS) is 1. The van der Waals surface area contributed by atoms with Gasteiger partial charge in [-0.25, -0.2) is 9.78 Å². The van der Waals surface area contributed by atoms with Crippen molar-refractivity contribution in [2.75, 3.05) is 13.2 Å². The Morgan fingerprint density at radius 2 is 2.53 bits per heavy atom. The Hall–Kier alpha value is -0.980. The van der Waals surface area contributed by atoms with Crippen LogP contribution in [0.15, 0.2) is 5.38 Å². The number of thiazole rings is 1. The summed E-state index contributed by atoms with van der Waals surface area (Å²) in [5.74, 6) is -0.961. The number of aromatic nitrogens is 1. The molecule has 1 aliphatic rings. The summed E-state index contributed by atoms with van der Waals surface area (Å²) in [7, 11) is 0. The summed E-state index contributed by atoms with van der Waals surface area (Å²) in [6.45, 7) is 2.26. The van der Waals surface area contributed by atoms with Crippen LogP contribution in [0.5, 0.6) is 0 Å². The fourth-order valence-corrected chi connectivity index (χ4v) is 2.47. The molecule has 0 aromatic carbocycles. The number of carboxylic acids is 1. The van der Waals surface area contributed by atoms with E-state index >= 15 is 0 Å². The first-order valence-electron chi connectivity index (χ1n) is 5.75. The molecule has 0 saturated carbocycles. The normalized spacial score (nSPS) is 20.4. The van der Waals surface area contributed by atoms with Crippen molar-refractivity contribution in [2.45, 2.75) is 31.9 Å². The second kappa shape index (κ2) is 6.09. The van der Waals surface area contributed by atoms with Crippen LogP contribution < -0.4 is 5.32 Å². The lowest BCUT2D eigenvalue weighted by Crippen LogP contribution is -2.31. The molecule has 2 N–H and O–H groups in total. The highest BCUT2D eigenvalue weighted by atomic mass is 32.1. The molecule has 1 aliphatic heterocycles.